The molecule has 0 heterocycles. The Labute approximate surface area is 170 Å². The third-order valence-corrected chi connectivity index (χ3v) is 4.69. The van der Waals surface area contributed by atoms with Gasteiger partial charge < -0.3 is 4.74 Å². The van der Waals surface area contributed by atoms with Crippen LogP contribution >= 0.6 is 15.9 Å². The van der Waals surface area contributed by atoms with Crippen LogP contribution in [-0.4, -0.2) is 18.2 Å². The number of hydrogen-bond donors (Lipinski definition) is 1. The van der Waals surface area contributed by atoms with Crippen LogP contribution in [0.15, 0.2) is 58.1 Å². The summed E-state index contributed by atoms with van der Waals surface area (Å²) in [6, 6.07) is 15.8. The number of nitrogens with one attached hydrogen (secondary N) is 1. The van der Waals surface area contributed by atoms with Crippen molar-refractivity contribution in [3.8, 4) is 5.75 Å². The second-order valence-corrected chi connectivity index (χ2v) is 8.25. The maximum Gasteiger partial charge on any atom is 0.277 e. The van der Waals surface area contributed by atoms with E-state index in [0.717, 1.165) is 28.6 Å². The minimum atomic E-state index is -0.286. The smallest absolute Gasteiger partial charge is 0.277 e. The number of carbonyl (C=O) groups excluding carboxylic acids is 1. The van der Waals surface area contributed by atoms with E-state index in [1.54, 1.807) is 0 Å². The molecule has 0 saturated heterocycles. The van der Waals surface area contributed by atoms with E-state index in [9.17, 15) is 4.79 Å². The molecule has 2 aromatic carbocycles. The molecule has 0 spiro atoms. The lowest BCUT2D eigenvalue weighted by Gasteiger charge is -2.20. The van der Waals surface area contributed by atoms with Crippen LogP contribution in [-0.2, 0) is 10.2 Å². The fourth-order valence-electron chi connectivity index (χ4n) is 2.52. The van der Waals surface area contributed by atoms with Crippen LogP contribution in [0.2, 0.25) is 0 Å². The maximum atomic E-state index is 12.1. The Hall–Kier alpha value is -2.14. The van der Waals surface area contributed by atoms with Gasteiger partial charge in [0, 0.05) is 0 Å². The zero-order valence-corrected chi connectivity index (χ0v) is 18.0. The highest BCUT2D eigenvalue weighted by Crippen LogP contribution is 2.31. The molecule has 4 nitrogen and oxygen atoms in total. The molecule has 1 amide bonds. The molecule has 2 rings (SSSR count). The second-order valence-electron chi connectivity index (χ2n) is 7.39. The molecule has 1 N–H and O–H groups in total. The van der Waals surface area contributed by atoms with Crippen LogP contribution in [0.1, 0.15) is 51.7 Å². The van der Waals surface area contributed by atoms with Gasteiger partial charge in [-0.05, 0) is 51.0 Å². The molecule has 0 saturated carbocycles. The Bertz CT molecular complexity index is 796. The van der Waals surface area contributed by atoms with Gasteiger partial charge in [0.15, 0.2) is 6.61 Å². The van der Waals surface area contributed by atoms with Crippen molar-refractivity contribution in [1.82, 2.24) is 5.43 Å². The third-order valence-electron chi connectivity index (χ3n) is 4.07. The third kappa shape index (κ3) is 6.51. The lowest BCUT2D eigenvalue weighted by atomic mass is 9.87. The Morgan fingerprint density at radius 1 is 1.15 bits per heavy atom. The summed E-state index contributed by atoms with van der Waals surface area (Å²) >= 11 is 3.52. The quantitative estimate of drug-likeness (QED) is 0.469. The monoisotopic (exact) mass is 430 g/mol. The van der Waals surface area contributed by atoms with Crippen molar-refractivity contribution >= 4 is 27.5 Å². The van der Waals surface area contributed by atoms with Gasteiger partial charge in [-0.15, -0.1) is 0 Å². The number of amides is 1. The normalized spacial score (nSPS) is 12.0. The first-order chi connectivity index (χ1) is 12.8. The van der Waals surface area contributed by atoms with Crippen LogP contribution in [0.4, 0.5) is 0 Å². The summed E-state index contributed by atoms with van der Waals surface area (Å²) in [6.45, 7) is 8.46. The fraction of sp³-hybridized carbons (Fsp3) is 0.364. The lowest BCUT2D eigenvalue weighted by molar-refractivity contribution is -0.123. The molecule has 0 aliphatic rings. The Kier molecular flexibility index (Phi) is 7.60. The summed E-state index contributed by atoms with van der Waals surface area (Å²) in [6.07, 6.45) is 1.75. The van der Waals surface area contributed by atoms with Crippen molar-refractivity contribution in [2.45, 2.75) is 46.0 Å². The van der Waals surface area contributed by atoms with Gasteiger partial charge in [-0.25, -0.2) is 5.43 Å². The number of benzene rings is 2. The molecule has 144 valence electrons. The summed E-state index contributed by atoms with van der Waals surface area (Å²) in [5.41, 5.74) is 5.73. The Morgan fingerprint density at radius 3 is 2.44 bits per heavy atom. The number of nitrogens with zero attached hydrogens (tertiary/aromatic N) is 1. The van der Waals surface area contributed by atoms with Gasteiger partial charge in [-0.1, -0.05) is 70.5 Å². The average Bonchev–Trinajstić information content (AvgIpc) is 2.64. The highest BCUT2D eigenvalue weighted by atomic mass is 79.9. The molecule has 0 unspecified atom stereocenters. The van der Waals surface area contributed by atoms with Gasteiger partial charge in [0.05, 0.1) is 10.2 Å². The van der Waals surface area contributed by atoms with Crippen molar-refractivity contribution in [2.75, 3.05) is 6.61 Å². The van der Waals surface area contributed by atoms with E-state index in [0.29, 0.717) is 5.75 Å². The molecular weight excluding hydrogens is 404 g/mol. The maximum absolute atomic E-state index is 12.1. The number of carbonyl (C=O) groups is 1. The summed E-state index contributed by atoms with van der Waals surface area (Å²) in [5, 5.41) is 4.29. The molecule has 0 bridgehead atoms. The minimum Gasteiger partial charge on any atom is -0.483 e. The molecule has 0 fully saturated rings. The zero-order chi connectivity index (χ0) is 19.9. The SMILES string of the molecule is CCC/C(=N/NC(=O)COc1ccc(C(C)(C)C)cc1Br)c1ccccc1. The standard InChI is InChI=1S/C22H27BrN2O2/c1-5-9-19(16-10-7-6-8-11-16)24-25-21(26)15-27-20-13-12-17(14-18(20)23)22(2,3)4/h6-8,10-14H,5,9,15H2,1-4H3,(H,25,26)/b24-19-. The van der Waals surface area contributed by atoms with Crippen LogP contribution < -0.4 is 10.2 Å². The number of rotatable bonds is 7. The summed E-state index contributed by atoms with van der Waals surface area (Å²) < 4.78 is 6.47. The molecule has 5 heteroatoms. The number of ether oxygens (including phenoxy) is 1. The number of halogens is 1. The first kappa shape index (κ1) is 21.2. The molecule has 0 aliphatic heterocycles. The van der Waals surface area contributed by atoms with Crippen molar-refractivity contribution in [2.24, 2.45) is 5.10 Å². The number of hydrazone groups is 1. The van der Waals surface area contributed by atoms with E-state index in [1.807, 2.05) is 48.5 Å². The van der Waals surface area contributed by atoms with E-state index in [-0.39, 0.29) is 17.9 Å². The Balaban J connectivity index is 1.97. The minimum absolute atomic E-state index is 0.0558. The zero-order valence-electron chi connectivity index (χ0n) is 16.4. The Morgan fingerprint density at radius 2 is 1.85 bits per heavy atom. The van der Waals surface area contributed by atoms with E-state index in [4.69, 9.17) is 4.74 Å². The van der Waals surface area contributed by atoms with Gasteiger partial charge in [-0.3, -0.25) is 4.79 Å². The van der Waals surface area contributed by atoms with Crippen molar-refractivity contribution in [3.63, 3.8) is 0 Å². The lowest BCUT2D eigenvalue weighted by Crippen LogP contribution is -2.26. The van der Waals surface area contributed by atoms with Gasteiger partial charge in [0.25, 0.3) is 5.91 Å². The fourth-order valence-corrected chi connectivity index (χ4v) is 3.02. The molecule has 0 aromatic heterocycles. The summed E-state index contributed by atoms with van der Waals surface area (Å²) in [5.74, 6) is 0.352. The highest BCUT2D eigenvalue weighted by Gasteiger charge is 2.15. The van der Waals surface area contributed by atoms with E-state index >= 15 is 0 Å². The van der Waals surface area contributed by atoms with E-state index < -0.39 is 0 Å². The summed E-state index contributed by atoms with van der Waals surface area (Å²) in [7, 11) is 0. The van der Waals surface area contributed by atoms with Crippen molar-refractivity contribution < 1.29 is 9.53 Å². The van der Waals surface area contributed by atoms with Crippen molar-refractivity contribution in [1.29, 1.82) is 0 Å². The molecule has 0 radical (unpaired) electrons. The van der Waals surface area contributed by atoms with Gasteiger partial charge >= 0.3 is 0 Å². The van der Waals surface area contributed by atoms with E-state index in [2.05, 4.69) is 54.2 Å². The number of hydrogen-bond acceptors (Lipinski definition) is 3. The van der Waals surface area contributed by atoms with Crippen molar-refractivity contribution in [3.05, 3.63) is 64.1 Å². The molecule has 0 atom stereocenters. The predicted molar refractivity (Wildman–Crippen MR) is 114 cm³/mol. The topological polar surface area (TPSA) is 50.7 Å². The van der Waals surface area contributed by atoms with Gasteiger partial charge in [0.1, 0.15) is 5.75 Å². The highest BCUT2D eigenvalue weighted by molar-refractivity contribution is 9.10. The molecular formula is C22H27BrN2O2. The molecule has 27 heavy (non-hydrogen) atoms. The first-order valence-corrected chi connectivity index (χ1v) is 9.94. The first-order valence-electron chi connectivity index (χ1n) is 9.15. The van der Waals surface area contributed by atoms with E-state index in [1.165, 1.54) is 5.56 Å². The van der Waals surface area contributed by atoms with Crippen LogP contribution in [0.3, 0.4) is 0 Å². The second kappa shape index (κ2) is 9.70. The van der Waals surface area contributed by atoms with Gasteiger partial charge in [-0.2, -0.15) is 5.10 Å². The van der Waals surface area contributed by atoms with Gasteiger partial charge in [0.2, 0.25) is 0 Å². The van der Waals surface area contributed by atoms with Crippen LogP contribution in [0, 0.1) is 0 Å². The predicted octanol–water partition coefficient (Wildman–Crippen LogP) is 5.45. The van der Waals surface area contributed by atoms with Crippen LogP contribution in [0.25, 0.3) is 0 Å². The largest absolute Gasteiger partial charge is 0.483 e. The molecule has 2 aromatic rings. The van der Waals surface area contributed by atoms with Crippen LogP contribution in [0.5, 0.6) is 5.75 Å². The summed E-state index contributed by atoms with van der Waals surface area (Å²) in [4.78, 5) is 12.1. The molecule has 0 aliphatic carbocycles. The average molecular weight is 431 g/mol.